The van der Waals surface area contributed by atoms with E-state index < -0.39 is 47.5 Å². The van der Waals surface area contributed by atoms with Crippen molar-refractivity contribution in [1.29, 1.82) is 0 Å². The first-order chi connectivity index (χ1) is 23.2. The Morgan fingerprint density at radius 1 is 0.673 bits per heavy atom. The lowest BCUT2D eigenvalue weighted by molar-refractivity contribution is -0.150. The van der Waals surface area contributed by atoms with Gasteiger partial charge >= 0.3 is 12.1 Å². The van der Waals surface area contributed by atoms with Crippen LogP contribution in [-0.4, -0.2) is 42.4 Å². The first-order valence-corrected chi connectivity index (χ1v) is 15.7. The average molecular weight is 674 g/mol. The zero-order valence-electron chi connectivity index (χ0n) is 27.6. The molecule has 0 heterocycles. The third-order valence-electron chi connectivity index (χ3n) is 7.59. The maximum absolute atomic E-state index is 13.6. The molecule has 8 nitrogen and oxygen atoms in total. The Kier molecular flexibility index (Phi) is 11.6. The molecule has 0 unspecified atom stereocenters. The number of ether oxygens (including phenoxy) is 1. The van der Waals surface area contributed by atoms with Crippen LogP contribution in [0.5, 0.6) is 0 Å². The lowest BCUT2D eigenvalue weighted by atomic mass is 9.78. The van der Waals surface area contributed by atoms with Gasteiger partial charge in [-0.1, -0.05) is 72.8 Å². The zero-order valence-corrected chi connectivity index (χ0v) is 27.6. The van der Waals surface area contributed by atoms with E-state index in [0.29, 0.717) is 27.9 Å². The normalized spacial score (nSPS) is 11.6. The molecule has 4 rings (SSSR count). The van der Waals surface area contributed by atoms with E-state index in [4.69, 9.17) is 4.74 Å². The number of anilines is 1. The van der Waals surface area contributed by atoms with Gasteiger partial charge in [0, 0.05) is 23.3 Å². The minimum atomic E-state index is -4.47. The molecule has 0 fully saturated rings. The second-order valence-electron chi connectivity index (χ2n) is 12.1. The maximum atomic E-state index is 13.6. The van der Waals surface area contributed by atoms with Crippen LogP contribution in [0.25, 0.3) is 11.1 Å². The Hall–Kier alpha value is -5.45. The van der Waals surface area contributed by atoms with Gasteiger partial charge in [0.15, 0.2) is 5.41 Å². The predicted molar refractivity (Wildman–Crippen MR) is 181 cm³/mol. The summed E-state index contributed by atoms with van der Waals surface area (Å²) in [6.07, 6.45) is -4.65. The molecule has 0 aliphatic rings. The summed E-state index contributed by atoms with van der Waals surface area (Å²) in [5, 5.41) is 8.37. The summed E-state index contributed by atoms with van der Waals surface area (Å²) >= 11 is 0. The second-order valence-corrected chi connectivity index (χ2v) is 12.1. The topological polar surface area (TPSA) is 114 Å². The quantitative estimate of drug-likeness (QED) is 0.115. The number of amides is 3. The molecule has 0 spiro atoms. The van der Waals surface area contributed by atoms with E-state index in [1.807, 2.05) is 0 Å². The zero-order chi connectivity index (χ0) is 35.8. The Labute approximate surface area is 283 Å². The van der Waals surface area contributed by atoms with Crippen molar-refractivity contribution in [2.45, 2.75) is 57.8 Å². The number of carbonyl (C=O) groups excluding carboxylic acids is 4. The number of hydrogen-bond acceptors (Lipinski definition) is 5. The number of nitrogens with one attached hydrogen (secondary N) is 3. The number of carbonyl (C=O) groups is 4. The van der Waals surface area contributed by atoms with Gasteiger partial charge in [0.05, 0.1) is 12.0 Å². The monoisotopic (exact) mass is 673 g/mol. The molecular weight excluding hydrogens is 635 g/mol. The summed E-state index contributed by atoms with van der Waals surface area (Å²) in [5.41, 5.74) is -0.100. The van der Waals surface area contributed by atoms with Gasteiger partial charge in [-0.3, -0.25) is 19.2 Å². The molecule has 49 heavy (non-hydrogen) atoms. The Morgan fingerprint density at radius 2 is 1.22 bits per heavy atom. The minimum Gasteiger partial charge on any atom is -0.463 e. The summed E-state index contributed by atoms with van der Waals surface area (Å²) in [6, 6.07) is 25.5. The highest BCUT2D eigenvalue weighted by Crippen LogP contribution is 2.32. The molecule has 0 atom stereocenters. The lowest BCUT2D eigenvalue weighted by Crippen LogP contribution is -2.59. The van der Waals surface area contributed by atoms with Crippen molar-refractivity contribution in [3.05, 3.63) is 125 Å². The van der Waals surface area contributed by atoms with Gasteiger partial charge in [0.1, 0.15) is 6.61 Å². The molecule has 0 saturated carbocycles. The smallest absolute Gasteiger partial charge is 0.416 e. The summed E-state index contributed by atoms with van der Waals surface area (Å²) in [7, 11) is 0. The summed E-state index contributed by atoms with van der Waals surface area (Å²) in [5.74, 6) is -2.34. The lowest BCUT2D eigenvalue weighted by Gasteiger charge is -2.32. The van der Waals surface area contributed by atoms with Crippen molar-refractivity contribution in [2.24, 2.45) is 0 Å². The van der Waals surface area contributed by atoms with Gasteiger partial charge < -0.3 is 20.7 Å². The van der Waals surface area contributed by atoms with Crippen molar-refractivity contribution in [3.8, 4) is 11.1 Å². The fourth-order valence-corrected chi connectivity index (χ4v) is 5.16. The Bertz CT molecular complexity index is 1750. The summed E-state index contributed by atoms with van der Waals surface area (Å²) in [4.78, 5) is 53.5. The molecule has 0 aliphatic heterocycles. The van der Waals surface area contributed by atoms with Crippen LogP contribution in [-0.2, 0) is 37.1 Å². The van der Waals surface area contributed by atoms with E-state index in [2.05, 4.69) is 16.0 Å². The van der Waals surface area contributed by atoms with E-state index in [1.165, 1.54) is 12.1 Å². The van der Waals surface area contributed by atoms with E-state index in [-0.39, 0.29) is 24.1 Å². The molecule has 256 valence electrons. The molecule has 0 saturated heterocycles. The van der Waals surface area contributed by atoms with Gasteiger partial charge in [-0.15, -0.1) is 0 Å². The van der Waals surface area contributed by atoms with Crippen molar-refractivity contribution in [1.82, 2.24) is 10.6 Å². The van der Waals surface area contributed by atoms with E-state index in [0.717, 1.165) is 12.1 Å². The Morgan fingerprint density at radius 3 is 1.78 bits per heavy atom. The third-order valence-corrected chi connectivity index (χ3v) is 7.59. The van der Waals surface area contributed by atoms with Crippen molar-refractivity contribution in [3.63, 3.8) is 0 Å². The molecule has 4 aromatic carbocycles. The van der Waals surface area contributed by atoms with Gasteiger partial charge in [0.25, 0.3) is 5.91 Å². The van der Waals surface area contributed by atoms with Crippen LogP contribution in [0.3, 0.4) is 0 Å². The molecule has 0 bridgehead atoms. The molecule has 4 aromatic rings. The van der Waals surface area contributed by atoms with Gasteiger partial charge in [0.2, 0.25) is 11.8 Å². The van der Waals surface area contributed by atoms with E-state index in [9.17, 15) is 32.3 Å². The number of benzene rings is 4. The molecule has 0 aliphatic carbocycles. The molecule has 0 aromatic heterocycles. The van der Waals surface area contributed by atoms with Crippen LogP contribution in [0, 0.1) is 0 Å². The fraction of sp³-hybridized carbons (Fsp3) is 0.263. The van der Waals surface area contributed by atoms with Gasteiger partial charge in [-0.25, -0.2) is 0 Å². The first-order valence-electron chi connectivity index (χ1n) is 15.7. The molecule has 11 heteroatoms. The first kappa shape index (κ1) is 36.4. The Balaban J connectivity index is 1.46. The van der Waals surface area contributed by atoms with Crippen molar-refractivity contribution < 1.29 is 37.1 Å². The van der Waals surface area contributed by atoms with Crippen LogP contribution in [0.4, 0.5) is 18.9 Å². The molecule has 3 amide bonds. The van der Waals surface area contributed by atoms with Crippen LogP contribution in [0.1, 0.15) is 54.7 Å². The highest BCUT2D eigenvalue weighted by atomic mass is 19.4. The van der Waals surface area contributed by atoms with Crippen LogP contribution >= 0.6 is 0 Å². The molecular formula is C38H38F3N3O5. The predicted octanol–water partition coefficient (Wildman–Crippen LogP) is 6.70. The van der Waals surface area contributed by atoms with Crippen LogP contribution < -0.4 is 16.0 Å². The number of hydrogen-bond donors (Lipinski definition) is 3. The highest BCUT2D eigenvalue weighted by Gasteiger charge is 2.49. The third kappa shape index (κ3) is 9.13. The molecule has 0 radical (unpaired) electrons. The summed E-state index contributed by atoms with van der Waals surface area (Å²) in [6.45, 7) is 6.54. The highest BCUT2D eigenvalue weighted by molar-refractivity contribution is 6.11. The fourth-order valence-electron chi connectivity index (χ4n) is 5.16. The second kappa shape index (κ2) is 15.6. The SMILES string of the molecule is CC(C)NC(=O)C(COC(=O)Cc1ccc(NC(=O)c2ccccc2-c2ccc(C(F)(F)F)cc2)cc1)(C(=O)NC(C)C)c1ccccc1. The van der Waals surface area contributed by atoms with E-state index in [1.54, 1.807) is 107 Å². The average Bonchev–Trinajstić information content (AvgIpc) is 3.05. The van der Waals surface area contributed by atoms with Crippen LogP contribution in [0.2, 0.25) is 0 Å². The number of esters is 1. The van der Waals surface area contributed by atoms with Gasteiger partial charge in [-0.2, -0.15) is 13.2 Å². The largest absolute Gasteiger partial charge is 0.463 e. The van der Waals surface area contributed by atoms with Crippen molar-refractivity contribution in [2.75, 3.05) is 11.9 Å². The number of rotatable bonds is 12. The molecule has 3 N–H and O–H groups in total. The standard InChI is InChI=1S/C38H38F3N3O5/c1-24(2)42-35(47)37(36(48)43-25(3)4,28-10-6-5-7-11-28)23-49-33(45)22-26-14-20-30(21-15-26)44-34(46)32-13-9-8-12-31(32)27-16-18-29(19-17-27)38(39,40)41/h5-21,24-25H,22-23H2,1-4H3,(H,42,47)(H,43,48)(H,44,46). The number of alkyl halides is 3. The van der Waals surface area contributed by atoms with Crippen molar-refractivity contribution >= 4 is 29.4 Å². The van der Waals surface area contributed by atoms with Gasteiger partial charge in [-0.05, 0) is 80.3 Å². The maximum Gasteiger partial charge on any atom is 0.416 e. The summed E-state index contributed by atoms with van der Waals surface area (Å²) < 4.78 is 44.7. The minimum absolute atomic E-state index is 0.173. The van der Waals surface area contributed by atoms with Crippen LogP contribution in [0.15, 0.2) is 103 Å². The van der Waals surface area contributed by atoms with E-state index >= 15 is 0 Å². The number of halogens is 3.